The molecule has 2 aliphatic rings. The van der Waals surface area contributed by atoms with Crippen molar-refractivity contribution in [3.05, 3.63) is 41.6 Å². The number of amides is 1. The maximum Gasteiger partial charge on any atom is 0.229 e. The average Bonchev–Trinajstić information content (AvgIpc) is 3.57. The van der Waals surface area contributed by atoms with Crippen LogP contribution >= 0.6 is 0 Å². The first-order valence-corrected chi connectivity index (χ1v) is 12.9. The zero-order chi connectivity index (χ0) is 23.9. The van der Waals surface area contributed by atoms with E-state index in [1.54, 1.807) is 0 Å². The van der Waals surface area contributed by atoms with Gasteiger partial charge in [0.25, 0.3) is 0 Å². The molecule has 0 saturated heterocycles. The minimum atomic E-state index is 0.219. The summed E-state index contributed by atoms with van der Waals surface area (Å²) in [6.45, 7) is 7.96. The van der Waals surface area contributed by atoms with Crippen molar-refractivity contribution in [3.8, 4) is 0 Å². The van der Waals surface area contributed by atoms with Gasteiger partial charge in [0.05, 0.1) is 0 Å². The Morgan fingerprint density at radius 3 is 2.71 bits per heavy atom. The van der Waals surface area contributed by atoms with Crippen LogP contribution in [0.4, 0.5) is 17.5 Å². The molecule has 7 heteroatoms. The minimum Gasteiger partial charge on any atom is -0.370 e. The number of nitrogens with one attached hydrogen (secondary N) is 3. The smallest absolute Gasteiger partial charge is 0.229 e. The van der Waals surface area contributed by atoms with Crippen LogP contribution < -0.4 is 16.0 Å². The fourth-order valence-corrected chi connectivity index (χ4v) is 4.48. The Labute approximate surface area is 204 Å². The van der Waals surface area contributed by atoms with Crippen molar-refractivity contribution in [1.29, 1.82) is 0 Å². The highest BCUT2D eigenvalue weighted by Gasteiger charge is 2.28. The summed E-state index contributed by atoms with van der Waals surface area (Å²) >= 11 is 0. The third kappa shape index (κ3) is 7.16. The molecule has 2 saturated carbocycles. The Balaban J connectivity index is 1.32. The molecule has 1 amide bonds. The zero-order valence-electron chi connectivity index (χ0n) is 20.9. The van der Waals surface area contributed by atoms with E-state index in [9.17, 15) is 4.79 Å². The molecule has 0 bridgehead atoms. The van der Waals surface area contributed by atoms with Crippen LogP contribution in [0.3, 0.4) is 0 Å². The molecule has 0 unspecified atom stereocenters. The van der Waals surface area contributed by atoms with Gasteiger partial charge in [0.15, 0.2) is 0 Å². The molecule has 0 aliphatic heterocycles. The molecule has 3 N–H and O–H groups in total. The van der Waals surface area contributed by atoms with E-state index >= 15 is 0 Å². The van der Waals surface area contributed by atoms with Gasteiger partial charge in [-0.25, -0.2) is 4.98 Å². The Kier molecular flexibility index (Phi) is 8.38. The summed E-state index contributed by atoms with van der Waals surface area (Å²) in [6, 6.07) is 8.47. The largest absolute Gasteiger partial charge is 0.370 e. The summed E-state index contributed by atoms with van der Waals surface area (Å²) < 4.78 is 0. The lowest BCUT2D eigenvalue weighted by atomic mass is 9.85. The number of hydrogen-bond donors (Lipinski definition) is 3. The number of hydrogen-bond acceptors (Lipinski definition) is 6. The lowest BCUT2D eigenvalue weighted by Crippen LogP contribution is -2.35. The molecule has 1 heterocycles. The predicted molar refractivity (Wildman–Crippen MR) is 138 cm³/mol. The summed E-state index contributed by atoms with van der Waals surface area (Å²) in [4.78, 5) is 23.8. The first-order valence-electron chi connectivity index (χ1n) is 12.9. The number of benzene rings is 1. The van der Waals surface area contributed by atoms with E-state index in [1.807, 2.05) is 6.20 Å². The second kappa shape index (κ2) is 11.6. The van der Waals surface area contributed by atoms with E-state index in [1.165, 1.54) is 30.4 Å². The van der Waals surface area contributed by atoms with Gasteiger partial charge in [-0.1, -0.05) is 32.4 Å². The number of carbonyl (C=O) groups excluding carboxylic acids is 1. The van der Waals surface area contributed by atoms with Gasteiger partial charge < -0.3 is 20.9 Å². The Hall–Kier alpha value is -2.67. The van der Waals surface area contributed by atoms with E-state index in [-0.39, 0.29) is 11.8 Å². The molecule has 2 aromatic rings. The standard InChI is InChI=1S/C27H40N6O/c1-19(2)17-33(3)18-20-7-4-10-23(15-20)31-27-30-16-24(21-11-12-21)25(32-27)28-13-6-14-29-26(34)22-8-5-9-22/h4,7,10,15-16,19,21-22H,5-6,8-9,11-14,17-18H2,1-3H3,(H,29,34)(H2,28,30,31,32). The molecule has 1 aromatic carbocycles. The van der Waals surface area contributed by atoms with Gasteiger partial charge in [-0.05, 0) is 68.7 Å². The average molecular weight is 465 g/mol. The maximum absolute atomic E-state index is 12.0. The number of rotatable bonds is 13. The number of aromatic nitrogens is 2. The quantitative estimate of drug-likeness (QED) is 0.366. The van der Waals surface area contributed by atoms with Crippen molar-refractivity contribution in [2.24, 2.45) is 11.8 Å². The molecule has 2 fully saturated rings. The highest BCUT2D eigenvalue weighted by Crippen LogP contribution is 2.42. The summed E-state index contributed by atoms with van der Waals surface area (Å²) in [5, 5.41) is 9.95. The van der Waals surface area contributed by atoms with Crippen molar-refractivity contribution in [2.45, 2.75) is 64.8 Å². The number of anilines is 3. The fraction of sp³-hybridized carbons (Fsp3) is 0.593. The van der Waals surface area contributed by atoms with Crippen LogP contribution in [0.5, 0.6) is 0 Å². The summed E-state index contributed by atoms with van der Waals surface area (Å²) in [5.41, 5.74) is 3.47. The van der Waals surface area contributed by atoms with Gasteiger partial charge in [-0.2, -0.15) is 4.98 Å². The van der Waals surface area contributed by atoms with Gasteiger partial charge in [0.1, 0.15) is 5.82 Å². The SMILES string of the molecule is CC(C)CN(C)Cc1cccc(Nc2ncc(C3CC3)c(NCCCNC(=O)C3CCC3)n2)c1. The van der Waals surface area contributed by atoms with Crippen LogP contribution in [0, 0.1) is 11.8 Å². The summed E-state index contributed by atoms with van der Waals surface area (Å²) in [6.07, 6.45) is 8.52. The molecule has 0 spiro atoms. The van der Waals surface area contributed by atoms with Crippen molar-refractivity contribution < 1.29 is 4.79 Å². The van der Waals surface area contributed by atoms with Crippen LogP contribution in [0.2, 0.25) is 0 Å². The van der Waals surface area contributed by atoms with Gasteiger partial charge >= 0.3 is 0 Å². The van der Waals surface area contributed by atoms with E-state index < -0.39 is 0 Å². The van der Waals surface area contributed by atoms with E-state index in [0.717, 1.165) is 50.4 Å². The van der Waals surface area contributed by atoms with Gasteiger partial charge in [-0.3, -0.25) is 4.79 Å². The Bertz CT molecular complexity index is 954. The third-order valence-corrected chi connectivity index (χ3v) is 6.57. The Morgan fingerprint density at radius 1 is 1.18 bits per heavy atom. The highest BCUT2D eigenvalue weighted by molar-refractivity contribution is 5.79. The second-order valence-corrected chi connectivity index (χ2v) is 10.4. The van der Waals surface area contributed by atoms with Crippen molar-refractivity contribution in [2.75, 3.05) is 37.3 Å². The second-order valence-electron chi connectivity index (χ2n) is 10.4. The lowest BCUT2D eigenvalue weighted by Gasteiger charge is -2.24. The maximum atomic E-state index is 12.0. The van der Waals surface area contributed by atoms with Crippen LogP contribution in [-0.4, -0.2) is 47.5 Å². The minimum absolute atomic E-state index is 0.219. The lowest BCUT2D eigenvalue weighted by molar-refractivity contribution is -0.127. The molecule has 0 radical (unpaired) electrons. The molecule has 2 aliphatic carbocycles. The molecule has 34 heavy (non-hydrogen) atoms. The monoisotopic (exact) mass is 464 g/mol. The molecule has 1 aromatic heterocycles. The van der Waals surface area contributed by atoms with Crippen LogP contribution in [0.15, 0.2) is 30.5 Å². The fourth-order valence-electron chi connectivity index (χ4n) is 4.48. The van der Waals surface area contributed by atoms with E-state index in [2.05, 4.69) is 71.0 Å². The highest BCUT2D eigenvalue weighted by atomic mass is 16.1. The number of carbonyl (C=O) groups is 1. The van der Waals surface area contributed by atoms with Crippen molar-refractivity contribution in [3.63, 3.8) is 0 Å². The van der Waals surface area contributed by atoms with Gasteiger partial charge in [-0.15, -0.1) is 0 Å². The summed E-state index contributed by atoms with van der Waals surface area (Å²) in [7, 11) is 2.16. The Morgan fingerprint density at radius 2 is 2.00 bits per heavy atom. The van der Waals surface area contributed by atoms with Crippen LogP contribution in [0.25, 0.3) is 0 Å². The molecular formula is C27H40N6O. The van der Waals surface area contributed by atoms with Crippen molar-refractivity contribution in [1.82, 2.24) is 20.2 Å². The molecule has 0 atom stereocenters. The van der Waals surface area contributed by atoms with Gasteiger partial charge in [0.2, 0.25) is 11.9 Å². The van der Waals surface area contributed by atoms with Gasteiger partial charge in [0, 0.05) is 49.5 Å². The van der Waals surface area contributed by atoms with Crippen molar-refractivity contribution >= 4 is 23.4 Å². The van der Waals surface area contributed by atoms with Crippen LogP contribution in [0.1, 0.15) is 69.4 Å². The third-order valence-electron chi connectivity index (χ3n) is 6.57. The topological polar surface area (TPSA) is 82.2 Å². The molecule has 4 rings (SSSR count). The first kappa shape index (κ1) is 24.5. The van der Waals surface area contributed by atoms with E-state index in [0.29, 0.717) is 24.3 Å². The first-order chi connectivity index (χ1) is 16.5. The predicted octanol–water partition coefficient (Wildman–Crippen LogP) is 4.90. The molecule has 184 valence electrons. The summed E-state index contributed by atoms with van der Waals surface area (Å²) in [5.74, 6) is 3.20. The molecule has 7 nitrogen and oxygen atoms in total. The normalized spacial score (nSPS) is 15.9. The number of nitrogens with zero attached hydrogens (tertiary/aromatic N) is 3. The zero-order valence-corrected chi connectivity index (χ0v) is 20.9. The molecular weight excluding hydrogens is 424 g/mol. The van der Waals surface area contributed by atoms with Crippen LogP contribution in [-0.2, 0) is 11.3 Å². The van der Waals surface area contributed by atoms with E-state index in [4.69, 9.17) is 4.98 Å².